The van der Waals surface area contributed by atoms with Crippen LogP contribution in [-0.2, 0) is 5.41 Å². The fourth-order valence-electron chi connectivity index (χ4n) is 3.81. The molecule has 0 unspecified atom stereocenters. The van der Waals surface area contributed by atoms with Crippen LogP contribution in [0.4, 0.5) is 5.69 Å². The molecule has 0 aliphatic rings. The van der Waals surface area contributed by atoms with E-state index in [0.29, 0.717) is 28.1 Å². The summed E-state index contributed by atoms with van der Waals surface area (Å²) in [6.07, 6.45) is 1.06. The molecular weight excluding hydrogens is 490 g/mol. The topological polar surface area (TPSA) is 67.2 Å². The molecule has 5 nitrogen and oxygen atoms in total. The Hall–Kier alpha value is -3.22. The highest BCUT2D eigenvalue weighted by atomic mass is 35.5. The van der Waals surface area contributed by atoms with Crippen LogP contribution < -0.4 is 10.6 Å². The molecule has 0 aliphatic carbocycles. The lowest BCUT2D eigenvalue weighted by Crippen LogP contribution is -2.34. The Balaban J connectivity index is 1.49. The molecule has 0 bridgehead atoms. The number of halogens is 1. The van der Waals surface area contributed by atoms with Crippen molar-refractivity contribution in [1.29, 1.82) is 0 Å². The summed E-state index contributed by atoms with van der Waals surface area (Å²) in [5, 5.41) is 6.34. The largest absolute Gasteiger partial charge is 0.436 e. The lowest BCUT2D eigenvalue weighted by Gasteiger charge is -2.19. The smallest absolute Gasteiger partial charge is 0.257 e. The van der Waals surface area contributed by atoms with Crippen LogP contribution in [0.3, 0.4) is 0 Å². The molecule has 1 aromatic heterocycles. The first-order chi connectivity index (χ1) is 17.0. The number of oxazole rings is 1. The summed E-state index contributed by atoms with van der Waals surface area (Å²) in [5.41, 5.74) is 5.75. The number of thiocarbonyl (C=S) groups is 1. The lowest BCUT2D eigenvalue weighted by atomic mass is 9.87. The van der Waals surface area contributed by atoms with Gasteiger partial charge in [-0.1, -0.05) is 64.4 Å². The van der Waals surface area contributed by atoms with Gasteiger partial charge in [-0.2, -0.15) is 0 Å². The van der Waals surface area contributed by atoms with E-state index in [4.69, 9.17) is 28.2 Å². The predicted octanol–water partition coefficient (Wildman–Crippen LogP) is 8.09. The van der Waals surface area contributed by atoms with E-state index in [1.165, 1.54) is 5.56 Å². The Morgan fingerprint density at radius 1 is 1.08 bits per heavy atom. The maximum Gasteiger partial charge on any atom is 0.257 e. The monoisotopic (exact) mass is 519 g/mol. The van der Waals surface area contributed by atoms with Gasteiger partial charge in [0, 0.05) is 11.1 Å². The van der Waals surface area contributed by atoms with Crippen LogP contribution >= 0.6 is 23.8 Å². The van der Waals surface area contributed by atoms with Gasteiger partial charge in [0.05, 0.1) is 10.7 Å². The number of hydrogen-bond acceptors (Lipinski definition) is 4. The zero-order valence-corrected chi connectivity index (χ0v) is 22.7. The summed E-state index contributed by atoms with van der Waals surface area (Å²) < 4.78 is 5.99. The molecule has 0 saturated carbocycles. The van der Waals surface area contributed by atoms with Gasteiger partial charge in [0.25, 0.3) is 5.91 Å². The number of amides is 1. The summed E-state index contributed by atoms with van der Waals surface area (Å²) in [7, 11) is 0. The number of benzene rings is 3. The van der Waals surface area contributed by atoms with E-state index in [-0.39, 0.29) is 16.4 Å². The summed E-state index contributed by atoms with van der Waals surface area (Å²) in [4.78, 5) is 17.4. The average molecular weight is 520 g/mol. The minimum atomic E-state index is -0.295. The van der Waals surface area contributed by atoms with Gasteiger partial charge >= 0.3 is 0 Å². The van der Waals surface area contributed by atoms with Gasteiger partial charge in [0.1, 0.15) is 5.52 Å². The fraction of sp³-hybridized carbons (Fsp3) is 0.276. The molecule has 36 heavy (non-hydrogen) atoms. The van der Waals surface area contributed by atoms with Gasteiger partial charge in [-0.3, -0.25) is 10.1 Å². The van der Waals surface area contributed by atoms with Crippen molar-refractivity contribution >= 4 is 51.6 Å². The van der Waals surface area contributed by atoms with Crippen LogP contribution in [0.2, 0.25) is 5.02 Å². The molecule has 0 spiro atoms. The van der Waals surface area contributed by atoms with Gasteiger partial charge in [-0.15, -0.1) is 0 Å². The van der Waals surface area contributed by atoms with Gasteiger partial charge in [-0.05, 0) is 83.6 Å². The molecule has 7 heteroatoms. The zero-order valence-electron chi connectivity index (χ0n) is 21.1. The van der Waals surface area contributed by atoms with Crippen LogP contribution in [0.1, 0.15) is 68.4 Å². The molecule has 186 valence electrons. The first-order valence-electron chi connectivity index (χ1n) is 12.0. The molecule has 4 rings (SSSR count). The SMILES string of the molecule is CC[C@H](C)c1ccc2oc(-c3ccc(Cl)c(NC(=S)NC(=O)c4ccc(C(C)(C)C)cc4)c3)nc2c1. The summed E-state index contributed by atoms with van der Waals surface area (Å²) in [6, 6.07) is 19.0. The van der Waals surface area contributed by atoms with E-state index < -0.39 is 0 Å². The highest BCUT2D eigenvalue weighted by Crippen LogP contribution is 2.32. The first kappa shape index (κ1) is 25.9. The zero-order chi connectivity index (χ0) is 26.0. The van der Waals surface area contributed by atoms with Crippen molar-refractivity contribution in [1.82, 2.24) is 10.3 Å². The molecule has 1 heterocycles. The predicted molar refractivity (Wildman–Crippen MR) is 152 cm³/mol. The number of aromatic nitrogens is 1. The van der Waals surface area contributed by atoms with Crippen molar-refractivity contribution in [2.24, 2.45) is 0 Å². The van der Waals surface area contributed by atoms with Crippen LogP contribution in [0.5, 0.6) is 0 Å². The third kappa shape index (κ3) is 5.77. The average Bonchev–Trinajstić information content (AvgIpc) is 3.27. The fourth-order valence-corrected chi connectivity index (χ4v) is 4.18. The summed E-state index contributed by atoms with van der Waals surface area (Å²) in [5.74, 6) is 0.643. The number of hydrogen-bond donors (Lipinski definition) is 2. The summed E-state index contributed by atoms with van der Waals surface area (Å²) in [6.45, 7) is 10.8. The Bertz CT molecular complexity index is 1420. The normalized spacial score (nSPS) is 12.4. The summed E-state index contributed by atoms with van der Waals surface area (Å²) >= 11 is 11.8. The molecule has 2 N–H and O–H groups in total. The van der Waals surface area contributed by atoms with E-state index >= 15 is 0 Å². The molecule has 0 aliphatic heterocycles. The standard InChI is InChI=1S/C29H30ClN3O2S/c1-6-17(2)19-10-14-25-24(15-19)31-27(35-25)20-9-13-22(30)23(16-20)32-28(36)33-26(34)18-7-11-21(12-8-18)29(3,4)5/h7-17H,6H2,1-5H3,(H2,32,33,34,36)/t17-/m0/s1. The number of nitrogens with zero attached hydrogens (tertiary/aromatic N) is 1. The van der Waals surface area contributed by atoms with Crippen molar-refractivity contribution in [3.63, 3.8) is 0 Å². The van der Waals surface area contributed by atoms with Crippen molar-refractivity contribution < 1.29 is 9.21 Å². The second-order valence-corrected chi connectivity index (χ2v) is 10.8. The van der Waals surface area contributed by atoms with Crippen molar-refractivity contribution in [3.8, 4) is 11.5 Å². The minimum absolute atomic E-state index is 0.0124. The Morgan fingerprint density at radius 3 is 2.47 bits per heavy atom. The number of rotatable bonds is 5. The van der Waals surface area contributed by atoms with Crippen LogP contribution in [0.15, 0.2) is 65.1 Å². The Kier molecular flexibility index (Phi) is 7.48. The van der Waals surface area contributed by atoms with Crippen LogP contribution in [0.25, 0.3) is 22.6 Å². The molecule has 0 radical (unpaired) electrons. The van der Waals surface area contributed by atoms with Gasteiger partial charge in [0.15, 0.2) is 10.7 Å². The lowest BCUT2D eigenvalue weighted by molar-refractivity contribution is 0.0977. The van der Waals surface area contributed by atoms with E-state index in [2.05, 4.69) is 62.4 Å². The van der Waals surface area contributed by atoms with Crippen molar-refractivity contribution in [2.75, 3.05) is 5.32 Å². The van der Waals surface area contributed by atoms with Gasteiger partial charge in [0.2, 0.25) is 5.89 Å². The maximum atomic E-state index is 12.7. The molecule has 4 aromatic rings. The molecular formula is C29H30ClN3O2S. The van der Waals surface area contributed by atoms with E-state index in [9.17, 15) is 4.79 Å². The van der Waals surface area contributed by atoms with Crippen molar-refractivity contribution in [3.05, 3.63) is 82.4 Å². The molecule has 1 atom stereocenters. The molecule has 0 saturated heterocycles. The van der Waals surface area contributed by atoms with E-state index in [0.717, 1.165) is 28.6 Å². The number of nitrogens with one attached hydrogen (secondary N) is 2. The van der Waals surface area contributed by atoms with Crippen LogP contribution in [-0.4, -0.2) is 16.0 Å². The third-order valence-corrected chi connectivity index (χ3v) is 6.83. The number of anilines is 1. The highest BCUT2D eigenvalue weighted by Gasteiger charge is 2.16. The second-order valence-electron chi connectivity index (χ2n) is 9.99. The highest BCUT2D eigenvalue weighted by molar-refractivity contribution is 7.80. The van der Waals surface area contributed by atoms with Gasteiger partial charge in [-0.25, -0.2) is 4.98 Å². The van der Waals surface area contributed by atoms with Crippen LogP contribution in [0, 0.1) is 0 Å². The molecule has 0 fully saturated rings. The number of carbonyl (C=O) groups excluding carboxylic acids is 1. The Labute approximate surface area is 222 Å². The number of carbonyl (C=O) groups is 1. The third-order valence-electron chi connectivity index (χ3n) is 6.29. The maximum absolute atomic E-state index is 12.7. The van der Waals surface area contributed by atoms with Crippen molar-refractivity contribution in [2.45, 2.75) is 52.4 Å². The molecule has 3 aromatic carbocycles. The van der Waals surface area contributed by atoms with E-state index in [1.54, 1.807) is 24.3 Å². The Morgan fingerprint density at radius 2 is 1.81 bits per heavy atom. The van der Waals surface area contributed by atoms with Gasteiger partial charge < -0.3 is 9.73 Å². The first-order valence-corrected chi connectivity index (χ1v) is 12.8. The molecule has 1 amide bonds. The quantitative estimate of drug-likeness (QED) is 0.261. The second kappa shape index (κ2) is 10.4. The minimum Gasteiger partial charge on any atom is -0.436 e. The number of fused-ring (bicyclic) bond motifs is 1. The van der Waals surface area contributed by atoms with E-state index in [1.807, 2.05) is 24.3 Å².